The summed E-state index contributed by atoms with van der Waals surface area (Å²) in [6.07, 6.45) is 10.0. The maximum Gasteiger partial charge on any atom is 0.264 e. The molecule has 0 spiro atoms. The van der Waals surface area contributed by atoms with Gasteiger partial charge < -0.3 is 14.7 Å². The molecule has 3 aromatic rings. The van der Waals surface area contributed by atoms with Crippen molar-refractivity contribution in [2.45, 2.75) is 89.1 Å². The molecule has 0 saturated heterocycles. The predicted octanol–water partition coefficient (Wildman–Crippen LogP) is 6.12. The average Bonchev–Trinajstić information content (AvgIpc) is 3.05. The van der Waals surface area contributed by atoms with E-state index in [9.17, 15) is 18.3 Å². The number of rotatable bonds is 2. The fraction of sp³-hybridized carbons (Fsp3) is 0.528. The van der Waals surface area contributed by atoms with Crippen LogP contribution in [-0.2, 0) is 29.5 Å². The van der Waals surface area contributed by atoms with Gasteiger partial charge in [-0.15, -0.1) is 0 Å². The van der Waals surface area contributed by atoms with E-state index in [2.05, 4.69) is 19.6 Å². The van der Waals surface area contributed by atoms with Crippen molar-refractivity contribution in [1.82, 2.24) is 14.7 Å². The molecule has 47 heavy (non-hydrogen) atoms. The number of hydrogen-bond acceptors (Lipinski definition) is 8. The third-order valence-electron chi connectivity index (χ3n) is 10.7. The van der Waals surface area contributed by atoms with Crippen molar-refractivity contribution in [2.75, 3.05) is 18.0 Å². The Hall–Kier alpha value is -3.21. The Bertz CT molecular complexity index is 1690. The number of nitrogens with one attached hydrogen (secondary N) is 1. The van der Waals surface area contributed by atoms with Gasteiger partial charge in [-0.3, -0.25) is 4.79 Å². The van der Waals surface area contributed by atoms with Crippen molar-refractivity contribution in [3.05, 3.63) is 82.4 Å². The molecule has 1 saturated carbocycles. The first-order chi connectivity index (χ1) is 22.5. The van der Waals surface area contributed by atoms with E-state index in [-0.39, 0.29) is 23.3 Å². The Morgan fingerprint density at radius 3 is 2.68 bits per heavy atom. The second-order valence-corrected chi connectivity index (χ2v) is 16.2. The number of aryl methyl sites for hydroxylation is 1. The first-order valence-electron chi connectivity index (χ1n) is 16.8. The minimum atomic E-state index is -3.96. The molecule has 2 N–H and O–H groups in total. The number of hydrogen-bond donors (Lipinski definition) is 2. The van der Waals surface area contributed by atoms with E-state index >= 15 is 0 Å². The van der Waals surface area contributed by atoms with E-state index in [0.29, 0.717) is 49.6 Å². The molecule has 1 fully saturated rings. The van der Waals surface area contributed by atoms with Gasteiger partial charge in [-0.05, 0) is 117 Å². The molecule has 6 rings (SSSR count). The van der Waals surface area contributed by atoms with Crippen molar-refractivity contribution in [2.24, 2.45) is 17.8 Å². The van der Waals surface area contributed by atoms with Gasteiger partial charge in [0.05, 0.1) is 16.5 Å². The largest absolute Gasteiger partial charge is 0.487 e. The molecule has 3 heterocycles. The molecule has 5 atom stereocenters. The monoisotopic (exact) mass is 680 g/mol. The number of fused-ring (bicyclic) bond motifs is 3. The summed E-state index contributed by atoms with van der Waals surface area (Å²) in [6.45, 7) is 5.29. The van der Waals surface area contributed by atoms with Gasteiger partial charge in [-0.25, -0.2) is 23.1 Å². The zero-order valence-electron chi connectivity index (χ0n) is 27.2. The van der Waals surface area contributed by atoms with Crippen LogP contribution in [0.25, 0.3) is 0 Å². The van der Waals surface area contributed by atoms with Crippen LogP contribution in [0.15, 0.2) is 55.0 Å². The number of anilines is 1. The Morgan fingerprint density at radius 2 is 1.91 bits per heavy atom. The van der Waals surface area contributed by atoms with Gasteiger partial charge >= 0.3 is 0 Å². The number of carbonyl (C=O) groups is 1. The van der Waals surface area contributed by atoms with Crippen LogP contribution >= 0.6 is 11.6 Å². The van der Waals surface area contributed by atoms with Crippen LogP contribution in [0.2, 0.25) is 5.02 Å². The lowest BCUT2D eigenvalue weighted by atomic mass is 9.61. The molecule has 0 radical (unpaired) electrons. The topological polar surface area (TPSA) is 122 Å². The van der Waals surface area contributed by atoms with E-state index in [4.69, 9.17) is 16.3 Å². The van der Waals surface area contributed by atoms with Crippen molar-refractivity contribution in [1.29, 1.82) is 0 Å². The van der Waals surface area contributed by atoms with Crippen LogP contribution in [0.3, 0.4) is 0 Å². The molecule has 252 valence electrons. The minimum absolute atomic E-state index is 0.0438. The van der Waals surface area contributed by atoms with Crippen molar-refractivity contribution < 1.29 is 23.1 Å². The van der Waals surface area contributed by atoms with Gasteiger partial charge in [0, 0.05) is 42.0 Å². The fourth-order valence-corrected chi connectivity index (χ4v) is 9.06. The van der Waals surface area contributed by atoms with Gasteiger partial charge in [0.1, 0.15) is 18.7 Å². The number of halogens is 1. The number of ether oxygens (including phenoxy) is 1. The Kier molecular flexibility index (Phi) is 10.1. The van der Waals surface area contributed by atoms with E-state index < -0.39 is 26.8 Å². The lowest BCUT2D eigenvalue weighted by molar-refractivity contribution is -0.0885. The third kappa shape index (κ3) is 7.60. The summed E-state index contributed by atoms with van der Waals surface area (Å²) in [5, 5.41) is 12.3. The number of sulfonamides is 1. The van der Waals surface area contributed by atoms with Gasteiger partial charge in [-0.1, -0.05) is 31.0 Å². The van der Waals surface area contributed by atoms with Crippen molar-refractivity contribution >= 4 is 33.2 Å². The fourth-order valence-electron chi connectivity index (χ4n) is 7.55. The molecule has 2 aromatic carbocycles. The number of carbonyl (C=O) groups excluding carboxylic acids is 1. The summed E-state index contributed by atoms with van der Waals surface area (Å²) in [5.74, 6) is 0.0272. The van der Waals surface area contributed by atoms with Crippen LogP contribution < -0.4 is 14.4 Å². The molecular formula is C36H45ClN4O5S. The standard InChI is InChI=1S/C36H45ClN4O5S/c1-24-6-5-15-36(43,20-31-14-16-38-23-39-31)32-12-9-28(32)21-41-17-4-3-7-26-18-30(37)11-8-29(26)22-46-34-13-10-27(19-33(34)41)35(42)40-47(44,45)25(24)2/h8,10-11,13-14,16,18-19,23-25,28,32,43H,3-7,9,12,15,17,20-22H2,1-2H3,(H,40,42)/t24-,25+,28-,32+,36+/m0/s1. The summed E-state index contributed by atoms with van der Waals surface area (Å²) in [4.78, 5) is 24.3. The molecule has 1 aromatic heterocycles. The number of aromatic nitrogens is 2. The lowest BCUT2D eigenvalue weighted by Gasteiger charge is -2.49. The second kappa shape index (κ2) is 14.1. The van der Waals surface area contributed by atoms with Crippen LogP contribution in [0.5, 0.6) is 5.75 Å². The van der Waals surface area contributed by atoms with Gasteiger partial charge in [0.25, 0.3) is 5.91 Å². The average molecular weight is 681 g/mol. The van der Waals surface area contributed by atoms with E-state index in [1.807, 2.05) is 31.2 Å². The molecule has 11 heteroatoms. The maximum atomic E-state index is 13.5. The second-order valence-electron chi connectivity index (χ2n) is 13.8. The van der Waals surface area contributed by atoms with Crippen molar-refractivity contribution in [3.8, 4) is 5.75 Å². The van der Waals surface area contributed by atoms with Crippen LogP contribution in [0.1, 0.15) is 86.0 Å². The third-order valence-corrected chi connectivity index (χ3v) is 12.9. The molecule has 2 bridgehead atoms. The highest BCUT2D eigenvalue weighted by molar-refractivity contribution is 7.90. The molecule has 1 amide bonds. The molecule has 3 aliphatic rings. The summed E-state index contributed by atoms with van der Waals surface area (Å²) < 4.78 is 35.6. The molecule has 1 aliphatic carbocycles. The summed E-state index contributed by atoms with van der Waals surface area (Å²) >= 11 is 6.35. The molecule has 2 aliphatic heterocycles. The first-order valence-corrected chi connectivity index (χ1v) is 18.8. The maximum absolute atomic E-state index is 13.5. The Balaban J connectivity index is 1.39. The number of amides is 1. The number of aliphatic hydroxyl groups is 1. The number of benzene rings is 2. The molecular weight excluding hydrogens is 636 g/mol. The van der Waals surface area contributed by atoms with Gasteiger partial charge in [0.2, 0.25) is 10.0 Å². The van der Waals surface area contributed by atoms with E-state index in [1.54, 1.807) is 31.3 Å². The predicted molar refractivity (Wildman–Crippen MR) is 183 cm³/mol. The van der Waals surface area contributed by atoms with E-state index in [0.717, 1.165) is 61.2 Å². The van der Waals surface area contributed by atoms with Crippen molar-refractivity contribution in [3.63, 3.8) is 0 Å². The van der Waals surface area contributed by atoms with Crippen LogP contribution in [0.4, 0.5) is 5.69 Å². The molecule has 0 unspecified atom stereocenters. The zero-order chi connectivity index (χ0) is 33.2. The van der Waals surface area contributed by atoms with Crippen LogP contribution in [-0.4, -0.2) is 53.3 Å². The van der Waals surface area contributed by atoms with Gasteiger partial charge in [0.15, 0.2) is 0 Å². The Labute approximate surface area is 283 Å². The normalized spacial score (nSPS) is 28.3. The first kappa shape index (κ1) is 33.7. The highest BCUT2D eigenvalue weighted by Gasteiger charge is 2.47. The minimum Gasteiger partial charge on any atom is -0.487 e. The summed E-state index contributed by atoms with van der Waals surface area (Å²) in [5.41, 5.74) is 3.05. The lowest BCUT2D eigenvalue weighted by Crippen LogP contribution is -2.52. The number of nitrogens with zero attached hydrogens (tertiary/aromatic N) is 3. The highest BCUT2D eigenvalue weighted by Crippen LogP contribution is 2.47. The Morgan fingerprint density at radius 1 is 1.06 bits per heavy atom. The SMILES string of the molecule is C[C@@H]1[C@@H](C)CCC[C@@](O)(Cc2ccncn2)[C@@H]2CC[C@H]2CN2CCCCc3cc(Cl)ccc3COc3ccc(cc32)C(=O)NS1(=O)=O. The molecule has 9 nitrogen and oxygen atoms in total. The summed E-state index contributed by atoms with van der Waals surface area (Å²) in [6, 6.07) is 12.9. The summed E-state index contributed by atoms with van der Waals surface area (Å²) in [7, 11) is -3.96. The van der Waals surface area contributed by atoms with E-state index in [1.165, 1.54) is 6.33 Å². The quantitative estimate of drug-likeness (QED) is 0.332. The smallest absolute Gasteiger partial charge is 0.264 e. The highest BCUT2D eigenvalue weighted by atomic mass is 35.5. The van der Waals surface area contributed by atoms with Gasteiger partial charge in [-0.2, -0.15) is 0 Å². The van der Waals surface area contributed by atoms with Crippen LogP contribution in [0, 0.1) is 17.8 Å². The zero-order valence-corrected chi connectivity index (χ0v) is 28.8.